The van der Waals surface area contributed by atoms with Crippen molar-refractivity contribution in [3.8, 4) is 0 Å². The predicted octanol–water partition coefficient (Wildman–Crippen LogP) is -0.524. The van der Waals surface area contributed by atoms with Gasteiger partial charge in [0, 0.05) is 6.61 Å². The van der Waals surface area contributed by atoms with E-state index in [1.54, 1.807) is 0 Å². The Kier molecular flexibility index (Phi) is 1.83. The molecule has 0 spiro atoms. The molecule has 0 amide bonds. The zero-order chi connectivity index (χ0) is 5.98. The van der Waals surface area contributed by atoms with Gasteiger partial charge in [-0.3, -0.25) is 0 Å². The molecule has 0 bridgehead atoms. The second-order valence-corrected chi connectivity index (χ2v) is 1.97. The third-order valence-corrected chi connectivity index (χ3v) is 1.26. The molecule has 0 radical (unpaired) electrons. The van der Waals surface area contributed by atoms with Crippen LogP contribution >= 0.6 is 0 Å². The lowest BCUT2D eigenvalue weighted by atomic mass is 10.1. The van der Waals surface area contributed by atoms with Crippen LogP contribution in [0.25, 0.3) is 0 Å². The van der Waals surface area contributed by atoms with Crippen molar-refractivity contribution in [3.05, 3.63) is 0 Å². The van der Waals surface area contributed by atoms with Crippen LogP contribution in [-0.4, -0.2) is 29.2 Å². The van der Waals surface area contributed by atoms with E-state index in [1.165, 1.54) is 0 Å². The predicted molar refractivity (Wildman–Crippen MR) is 27.2 cm³/mol. The van der Waals surface area contributed by atoms with Gasteiger partial charge in [0.1, 0.15) is 6.10 Å². The van der Waals surface area contributed by atoms with E-state index in [2.05, 4.69) is 0 Å². The lowest BCUT2D eigenvalue weighted by Crippen LogP contribution is -2.33. The summed E-state index contributed by atoms with van der Waals surface area (Å²) in [6.45, 7) is 0.568. The fraction of sp³-hybridized carbons (Fsp3) is 1.00. The highest BCUT2D eigenvalue weighted by atomic mass is 16.6. The Labute approximate surface area is 47.9 Å². The summed E-state index contributed by atoms with van der Waals surface area (Å²) in [5, 5.41) is 17.5. The highest BCUT2D eigenvalue weighted by Gasteiger charge is 2.20. The van der Waals surface area contributed by atoms with Crippen molar-refractivity contribution < 1.29 is 14.9 Å². The summed E-state index contributed by atoms with van der Waals surface area (Å²) >= 11 is 0. The fourth-order valence-corrected chi connectivity index (χ4v) is 0.750. The fourth-order valence-electron chi connectivity index (χ4n) is 0.750. The first-order valence-corrected chi connectivity index (χ1v) is 2.78. The van der Waals surface area contributed by atoms with Gasteiger partial charge in [-0.25, -0.2) is 0 Å². The third kappa shape index (κ3) is 1.18. The molecular weight excluding hydrogens is 108 g/mol. The van der Waals surface area contributed by atoms with E-state index in [1.807, 2.05) is 0 Å². The Bertz CT molecular complexity index is 64.1. The highest BCUT2D eigenvalue weighted by Crippen LogP contribution is 2.10. The van der Waals surface area contributed by atoms with Crippen molar-refractivity contribution in [2.75, 3.05) is 6.61 Å². The molecule has 1 saturated heterocycles. The summed E-state index contributed by atoms with van der Waals surface area (Å²) in [5.41, 5.74) is 0. The second-order valence-electron chi connectivity index (χ2n) is 1.97. The number of ether oxygens (including phenoxy) is 1. The van der Waals surface area contributed by atoms with Crippen LogP contribution in [0.3, 0.4) is 0 Å². The number of aliphatic hydroxyl groups is 2. The van der Waals surface area contributed by atoms with Crippen molar-refractivity contribution in [1.29, 1.82) is 0 Å². The van der Waals surface area contributed by atoms with E-state index < -0.39 is 12.4 Å². The van der Waals surface area contributed by atoms with Gasteiger partial charge in [0.15, 0.2) is 6.29 Å². The molecule has 1 aliphatic heterocycles. The molecule has 8 heavy (non-hydrogen) atoms. The Morgan fingerprint density at radius 3 is 2.50 bits per heavy atom. The molecule has 0 aromatic rings. The summed E-state index contributed by atoms with van der Waals surface area (Å²) in [5.74, 6) is 0. The normalized spacial score (nSPS) is 39.8. The first kappa shape index (κ1) is 6.01. The molecule has 2 atom stereocenters. The minimum atomic E-state index is -0.941. The van der Waals surface area contributed by atoms with Crippen LogP contribution in [0.5, 0.6) is 0 Å². The van der Waals surface area contributed by atoms with Gasteiger partial charge in [-0.15, -0.1) is 0 Å². The second kappa shape index (κ2) is 2.44. The van der Waals surface area contributed by atoms with Crippen LogP contribution in [0.15, 0.2) is 0 Å². The van der Waals surface area contributed by atoms with Gasteiger partial charge in [-0.05, 0) is 12.8 Å². The van der Waals surface area contributed by atoms with Crippen LogP contribution in [0.2, 0.25) is 0 Å². The van der Waals surface area contributed by atoms with Gasteiger partial charge in [0.05, 0.1) is 0 Å². The van der Waals surface area contributed by atoms with Crippen LogP contribution in [0, 0.1) is 0 Å². The van der Waals surface area contributed by atoms with Crippen molar-refractivity contribution in [2.24, 2.45) is 0 Å². The van der Waals surface area contributed by atoms with E-state index >= 15 is 0 Å². The minimum absolute atomic E-state index is 0.568. The SMILES string of the molecule is OC1OCCC[C@H]1O. The summed E-state index contributed by atoms with van der Waals surface area (Å²) in [6, 6.07) is 0. The maximum Gasteiger partial charge on any atom is 0.180 e. The largest absolute Gasteiger partial charge is 0.388 e. The highest BCUT2D eigenvalue weighted by molar-refractivity contribution is 4.62. The molecule has 3 nitrogen and oxygen atoms in total. The number of hydrogen-bond donors (Lipinski definition) is 2. The number of rotatable bonds is 0. The number of aliphatic hydroxyl groups excluding tert-OH is 2. The maximum atomic E-state index is 8.80. The lowest BCUT2D eigenvalue weighted by Gasteiger charge is -2.22. The van der Waals surface area contributed by atoms with Crippen LogP contribution in [-0.2, 0) is 4.74 Å². The molecule has 0 saturated carbocycles. The number of hydrogen-bond acceptors (Lipinski definition) is 3. The quantitative estimate of drug-likeness (QED) is 0.450. The average molecular weight is 118 g/mol. The van der Waals surface area contributed by atoms with Crippen LogP contribution in [0.1, 0.15) is 12.8 Å². The van der Waals surface area contributed by atoms with Crippen molar-refractivity contribution in [2.45, 2.75) is 25.2 Å². The van der Waals surface area contributed by atoms with Gasteiger partial charge >= 0.3 is 0 Å². The topological polar surface area (TPSA) is 49.7 Å². The van der Waals surface area contributed by atoms with Gasteiger partial charge in [0.25, 0.3) is 0 Å². The lowest BCUT2D eigenvalue weighted by molar-refractivity contribution is -0.185. The smallest absolute Gasteiger partial charge is 0.180 e. The van der Waals surface area contributed by atoms with Crippen molar-refractivity contribution >= 4 is 0 Å². The molecular formula is C5H10O3. The van der Waals surface area contributed by atoms with Crippen LogP contribution in [0.4, 0.5) is 0 Å². The van der Waals surface area contributed by atoms with E-state index in [4.69, 9.17) is 14.9 Å². The van der Waals surface area contributed by atoms with E-state index in [9.17, 15) is 0 Å². The molecule has 48 valence electrons. The molecule has 1 unspecified atom stereocenters. The van der Waals surface area contributed by atoms with E-state index in [0.29, 0.717) is 13.0 Å². The Morgan fingerprint density at radius 2 is 2.12 bits per heavy atom. The molecule has 1 rings (SSSR count). The van der Waals surface area contributed by atoms with E-state index in [-0.39, 0.29) is 0 Å². The van der Waals surface area contributed by atoms with Gasteiger partial charge in [-0.1, -0.05) is 0 Å². The van der Waals surface area contributed by atoms with Crippen molar-refractivity contribution in [3.63, 3.8) is 0 Å². The molecule has 1 heterocycles. The summed E-state index contributed by atoms with van der Waals surface area (Å²) in [4.78, 5) is 0. The molecule has 0 aliphatic carbocycles. The Morgan fingerprint density at radius 1 is 1.38 bits per heavy atom. The molecule has 1 aliphatic rings. The Hall–Kier alpha value is -0.120. The minimum Gasteiger partial charge on any atom is -0.388 e. The molecule has 1 fully saturated rings. The first-order valence-electron chi connectivity index (χ1n) is 2.78. The molecule has 2 N–H and O–H groups in total. The van der Waals surface area contributed by atoms with Gasteiger partial charge in [-0.2, -0.15) is 0 Å². The standard InChI is InChI=1S/C5H10O3/c6-4-2-1-3-8-5(4)7/h4-7H,1-3H2/t4-,5?/m1/s1. The monoisotopic (exact) mass is 118 g/mol. The van der Waals surface area contributed by atoms with Crippen molar-refractivity contribution in [1.82, 2.24) is 0 Å². The van der Waals surface area contributed by atoms with Gasteiger partial charge in [0.2, 0.25) is 0 Å². The van der Waals surface area contributed by atoms with Crippen LogP contribution < -0.4 is 0 Å². The van der Waals surface area contributed by atoms with Gasteiger partial charge < -0.3 is 14.9 Å². The molecule has 0 aromatic carbocycles. The first-order chi connectivity index (χ1) is 3.80. The average Bonchev–Trinajstić information content (AvgIpc) is 1.77. The zero-order valence-corrected chi connectivity index (χ0v) is 4.58. The van der Waals surface area contributed by atoms with E-state index in [0.717, 1.165) is 6.42 Å². The zero-order valence-electron chi connectivity index (χ0n) is 4.58. The third-order valence-electron chi connectivity index (χ3n) is 1.26. The summed E-state index contributed by atoms with van der Waals surface area (Å²) in [6.07, 6.45) is -0.105. The molecule has 3 heteroatoms. The Balaban J connectivity index is 2.28. The summed E-state index contributed by atoms with van der Waals surface area (Å²) in [7, 11) is 0. The maximum absolute atomic E-state index is 8.80. The summed E-state index contributed by atoms with van der Waals surface area (Å²) < 4.78 is 4.70. The molecule has 0 aromatic heterocycles.